The van der Waals surface area contributed by atoms with Crippen LogP contribution >= 0.6 is 0 Å². The first-order valence-corrected chi connectivity index (χ1v) is 6.33. The van der Waals surface area contributed by atoms with Gasteiger partial charge in [0.15, 0.2) is 0 Å². The largest absolute Gasteiger partial charge is 0.396 e. The maximum atomic E-state index is 5.65. The zero-order valence-electron chi connectivity index (χ0n) is 11.3. The van der Waals surface area contributed by atoms with Crippen LogP contribution in [0, 0.1) is 13.8 Å². The van der Waals surface area contributed by atoms with E-state index in [1.807, 2.05) is 17.7 Å². The number of hydrogen-bond donors (Lipinski definition) is 3. The van der Waals surface area contributed by atoms with Crippen LogP contribution in [-0.4, -0.2) is 21.3 Å². The fraction of sp³-hybridized carbons (Fsp3) is 0.385. The number of nitrogens with two attached hydrogens (primary N) is 2. The molecule has 0 unspecified atom stereocenters. The number of anilines is 3. The second-order valence-corrected chi connectivity index (χ2v) is 4.60. The maximum Gasteiger partial charge on any atom is 0.149 e. The van der Waals surface area contributed by atoms with Gasteiger partial charge in [-0.3, -0.25) is 4.68 Å². The first-order chi connectivity index (χ1) is 9.06. The minimum Gasteiger partial charge on any atom is -0.396 e. The van der Waals surface area contributed by atoms with Gasteiger partial charge >= 0.3 is 0 Å². The Bertz CT molecular complexity index is 560. The van der Waals surface area contributed by atoms with Gasteiger partial charge in [0.2, 0.25) is 0 Å². The Morgan fingerprint density at radius 3 is 2.68 bits per heavy atom. The Balaban J connectivity index is 1.80. The molecular formula is C13H20N6. The van der Waals surface area contributed by atoms with Gasteiger partial charge in [-0.05, 0) is 38.5 Å². The minimum atomic E-state index is 0.364. The maximum absolute atomic E-state index is 5.65. The van der Waals surface area contributed by atoms with Gasteiger partial charge in [-0.2, -0.15) is 5.10 Å². The highest BCUT2D eigenvalue weighted by Gasteiger charge is 2.01. The Morgan fingerprint density at radius 1 is 1.26 bits per heavy atom. The van der Waals surface area contributed by atoms with Crippen molar-refractivity contribution in [2.45, 2.75) is 26.8 Å². The molecule has 0 saturated heterocycles. The van der Waals surface area contributed by atoms with E-state index in [0.717, 1.165) is 31.0 Å². The van der Waals surface area contributed by atoms with Crippen LogP contribution in [0.15, 0.2) is 18.2 Å². The van der Waals surface area contributed by atoms with Gasteiger partial charge in [-0.1, -0.05) is 0 Å². The predicted molar refractivity (Wildman–Crippen MR) is 77.9 cm³/mol. The lowest BCUT2D eigenvalue weighted by molar-refractivity contribution is 0.573. The molecule has 2 aromatic heterocycles. The van der Waals surface area contributed by atoms with Crippen molar-refractivity contribution in [1.29, 1.82) is 0 Å². The van der Waals surface area contributed by atoms with Crippen LogP contribution in [-0.2, 0) is 6.54 Å². The third kappa shape index (κ3) is 3.37. The Morgan fingerprint density at radius 2 is 2.05 bits per heavy atom. The molecule has 0 aliphatic rings. The summed E-state index contributed by atoms with van der Waals surface area (Å²) in [6, 6.07) is 5.66. The Labute approximate surface area is 112 Å². The SMILES string of the molecule is Cc1cc(C)n(CCCNc2ccc(N)c(N)n2)n1. The smallest absolute Gasteiger partial charge is 0.149 e. The molecule has 0 atom stereocenters. The van der Waals surface area contributed by atoms with Gasteiger partial charge in [-0.25, -0.2) is 4.98 Å². The van der Waals surface area contributed by atoms with Gasteiger partial charge in [0.25, 0.3) is 0 Å². The second kappa shape index (κ2) is 5.60. The molecule has 0 radical (unpaired) electrons. The molecule has 0 saturated carbocycles. The average molecular weight is 260 g/mol. The molecule has 0 aliphatic carbocycles. The third-order valence-corrected chi connectivity index (χ3v) is 2.91. The molecule has 0 amide bonds. The number of hydrogen-bond acceptors (Lipinski definition) is 5. The van der Waals surface area contributed by atoms with Gasteiger partial charge in [0, 0.05) is 18.8 Å². The highest BCUT2D eigenvalue weighted by Crippen LogP contribution is 2.14. The molecule has 102 valence electrons. The van der Waals surface area contributed by atoms with Crippen molar-refractivity contribution < 1.29 is 0 Å². The fourth-order valence-electron chi connectivity index (χ4n) is 1.93. The van der Waals surface area contributed by atoms with E-state index in [4.69, 9.17) is 11.5 Å². The predicted octanol–water partition coefficient (Wildman–Crippen LogP) is 1.56. The van der Waals surface area contributed by atoms with E-state index < -0.39 is 0 Å². The van der Waals surface area contributed by atoms with Crippen molar-refractivity contribution in [2.24, 2.45) is 0 Å². The molecule has 2 aromatic rings. The topological polar surface area (TPSA) is 94.8 Å². The van der Waals surface area contributed by atoms with Gasteiger partial charge in [0.05, 0.1) is 11.4 Å². The van der Waals surface area contributed by atoms with E-state index in [2.05, 4.69) is 28.4 Å². The lowest BCUT2D eigenvalue weighted by atomic mass is 10.3. The molecule has 5 N–H and O–H groups in total. The van der Waals surface area contributed by atoms with Crippen LogP contribution in [0.5, 0.6) is 0 Å². The van der Waals surface area contributed by atoms with Crippen molar-refractivity contribution in [3.8, 4) is 0 Å². The normalized spacial score (nSPS) is 10.6. The zero-order valence-corrected chi connectivity index (χ0v) is 11.3. The summed E-state index contributed by atoms with van der Waals surface area (Å²) < 4.78 is 2.02. The molecular weight excluding hydrogens is 240 g/mol. The first kappa shape index (κ1) is 13.2. The van der Waals surface area contributed by atoms with Crippen molar-refractivity contribution in [2.75, 3.05) is 23.3 Å². The fourth-order valence-corrected chi connectivity index (χ4v) is 1.93. The molecule has 0 fully saturated rings. The van der Waals surface area contributed by atoms with E-state index in [0.29, 0.717) is 11.5 Å². The number of nitrogen functional groups attached to an aromatic ring is 2. The van der Waals surface area contributed by atoms with Crippen LogP contribution in [0.25, 0.3) is 0 Å². The van der Waals surface area contributed by atoms with Crippen LogP contribution in [0.1, 0.15) is 17.8 Å². The van der Waals surface area contributed by atoms with Crippen molar-refractivity contribution in [3.05, 3.63) is 29.6 Å². The summed E-state index contributed by atoms with van der Waals surface area (Å²) in [5.74, 6) is 1.11. The highest BCUT2D eigenvalue weighted by atomic mass is 15.3. The van der Waals surface area contributed by atoms with E-state index in [-0.39, 0.29) is 0 Å². The lowest BCUT2D eigenvalue weighted by Gasteiger charge is -2.08. The van der Waals surface area contributed by atoms with Crippen molar-refractivity contribution >= 4 is 17.3 Å². The van der Waals surface area contributed by atoms with Gasteiger partial charge < -0.3 is 16.8 Å². The number of pyridine rings is 1. The highest BCUT2D eigenvalue weighted by molar-refractivity contribution is 5.61. The molecule has 0 aliphatic heterocycles. The molecule has 6 heteroatoms. The summed E-state index contributed by atoms with van der Waals surface area (Å²) in [7, 11) is 0. The Kier molecular flexibility index (Phi) is 3.89. The van der Waals surface area contributed by atoms with E-state index in [1.54, 1.807) is 6.07 Å². The Hall–Kier alpha value is -2.24. The first-order valence-electron chi connectivity index (χ1n) is 6.33. The second-order valence-electron chi connectivity index (χ2n) is 4.60. The van der Waals surface area contributed by atoms with Gasteiger partial charge in [0.1, 0.15) is 11.6 Å². The summed E-state index contributed by atoms with van der Waals surface area (Å²) in [5.41, 5.74) is 14.0. The zero-order chi connectivity index (χ0) is 13.8. The standard InChI is InChI=1S/C13H20N6/c1-9-8-10(2)19(18-9)7-3-6-16-12-5-4-11(14)13(15)17-12/h4-5,8H,3,6-7,14H2,1-2H3,(H3,15,16,17). The van der Waals surface area contributed by atoms with E-state index in [9.17, 15) is 0 Å². The molecule has 6 nitrogen and oxygen atoms in total. The van der Waals surface area contributed by atoms with E-state index >= 15 is 0 Å². The number of aryl methyl sites for hydroxylation is 3. The van der Waals surface area contributed by atoms with E-state index in [1.165, 1.54) is 5.69 Å². The van der Waals surface area contributed by atoms with Crippen LogP contribution in [0.3, 0.4) is 0 Å². The molecule has 19 heavy (non-hydrogen) atoms. The third-order valence-electron chi connectivity index (χ3n) is 2.91. The number of nitrogens with zero attached hydrogens (tertiary/aromatic N) is 3. The average Bonchev–Trinajstić information content (AvgIpc) is 2.68. The quantitative estimate of drug-likeness (QED) is 0.709. The molecule has 0 aromatic carbocycles. The number of aromatic nitrogens is 3. The summed E-state index contributed by atoms with van der Waals surface area (Å²) in [4.78, 5) is 4.16. The monoisotopic (exact) mass is 260 g/mol. The number of rotatable bonds is 5. The molecule has 0 bridgehead atoms. The summed E-state index contributed by atoms with van der Waals surface area (Å²) in [5, 5.41) is 7.64. The summed E-state index contributed by atoms with van der Waals surface area (Å²) in [6.45, 7) is 5.77. The summed E-state index contributed by atoms with van der Waals surface area (Å²) in [6.07, 6.45) is 0.966. The van der Waals surface area contributed by atoms with Gasteiger partial charge in [-0.15, -0.1) is 0 Å². The van der Waals surface area contributed by atoms with Crippen LogP contribution in [0.2, 0.25) is 0 Å². The minimum absolute atomic E-state index is 0.364. The van der Waals surface area contributed by atoms with Crippen LogP contribution < -0.4 is 16.8 Å². The van der Waals surface area contributed by atoms with Crippen LogP contribution in [0.4, 0.5) is 17.3 Å². The molecule has 2 heterocycles. The lowest BCUT2D eigenvalue weighted by Crippen LogP contribution is -2.10. The summed E-state index contributed by atoms with van der Waals surface area (Å²) >= 11 is 0. The van der Waals surface area contributed by atoms with Crippen molar-refractivity contribution in [1.82, 2.24) is 14.8 Å². The number of nitrogens with one attached hydrogen (secondary N) is 1. The molecule has 0 spiro atoms. The molecule has 2 rings (SSSR count). The van der Waals surface area contributed by atoms with Crippen molar-refractivity contribution in [3.63, 3.8) is 0 Å².